The van der Waals surface area contributed by atoms with E-state index in [1.165, 1.54) is 25.2 Å². The van der Waals surface area contributed by atoms with Crippen molar-refractivity contribution in [2.45, 2.75) is 13.8 Å². The van der Waals surface area contributed by atoms with Gasteiger partial charge in [0.25, 0.3) is 0 Å². The van der Waals surface area contributed by atoms with E-state index in [1.807, 2.05) is 32.0 Å². The molecule has 1 aliphatic heterocycles. The number of hydrogen-bond donors (Lipinski definition) is 0. The van der Waals surface area contributed by atoms with Gasteiger partial charge in [0, 0.05) is 23.0 Å². The molecule has 158 valence electrons. The van der Waals surface area contributed by atoms with Crippen LogP contribution in [0.3, 0.4) is 0 Å². The van der Waals surface area contributed by atoms with Gasteiger partial charge in [-0.1, -0.05) is 18.2 Å². The highest BCUT2D eigenvalue weighted by Crippen LogP contribution is 2.27. The minimum absolute atomic E-state index is 0.0209. The van der Waals surface area contributed by atoms with Gasteiger partial charge in [0.2, 0.25) is 0 Å². The topological polar surface area (TPSA) is 72.9 Å². The number of esters is 2. The van der Waals surface area contributed by atoms with Crippen molar-refractivity contribution in [1.29, 1.82) is 0 Å². The zero-order chi connectivity index (χ0) is 22.5. The second kappa shape index (κ2) is 9.26. The van der Waals surface area contributed by atoms with E-state index in [1.54, 1.807) is 42.6 Å². The van der Waals surface area contributed by atoms with E-state index >= 15 is 0 Å². The van der Waals surface area contributed by atoms with E-state index in [9.17, 15) is 14.4 Å². The largest absolute Gasteiger partial charge is 0.465 e. The summed E-state index contributed by atoms with van der Waals surface area (Å²) in [4.78, 5) is 39.1. The Morgan fingerprint density at radius 1 is 0.774 bits per heavy atom. The monoisotopic (exact) mass is 417 g/mol. The molecule has 0 fully saturated rings. The number of hydrogen-bond acceptors (Lipinski definition) is 6. The van der Waals surface area contributed by atoms with Crippen LogP contribution in [0.4, 0.5) is 5.69 Å². The molecule has 2 aromatic carbocycles. The van der Waals surface area contributed by atoms with Crippen LogP contribution in [0.2, 0.25) is 0 Å². The van der Waals surface area contributed by atoms with Crippen LogP contribution in [0.25, 0.3) is 0 Å². The molecule has 31 heavy (non-hydrogen) atoms. The van der Waals surface area contributed by atoms with Crippen molar-refractivity contribution in [2.75, 3.05) is 19.1 Å². The average molecular weight is 417 g/mol. The molecule has 0 atom stereocenters. The van der Waals surface area contributed by atoms with Crippen LogP contribution in [0.1, 0.15) is 27.0 Å². The van der Waals surface area contributed by atoms with E-state index in [4.69, 9.17) is 9.47 Å². The van der Waals surface area contributed by atoms with Crippen LogP contribution in [0.15, 0.2) is 78.2 Å². The molecule has 2 aromatic rings. The summed E-state index contributed by atoms with van der Waals surface area (Å²) in [5.41, 5.74) is 3.96. The van der Waals surface area contributed by atoms with Crippen molar-refractivity contribution in [2.24, 2.45) is 0 Å². The first-order valence-electron chi connectivity index (χ1n) is 9.64. The van der Waals surface area contributed by atoms with Crippen molar-refractivity contribution in [1.82, 2.24) is 0 Å². The van der Waals surface area contributed by atoms with Crippen LogP contribution in [-0.2, 0) is 19.1 Å². The summed E-state index contributed by atoms with van der Waals surface area (Å²) in [6.45, 7) is 3.96. The van der Waals surface area contributed by atoms with Crippen LogP contribution in [0, 0.1) is 13.8 Å². The number of carbonyl (C=O) groups is 3. The quantitative estimate of drug-likeness (QED) is 0.540. The molecule has 1 aliphatic rings. The maximum absolute atomic E-state index is 12.9. The molecular formula is C25H23NO5. The zero-order valence-electron chi connectivity index (χ0n) is 17.8. The molecule has 0 spiro atoms. The summed E-state index contributed by atoms with van der Waals surface area (Å²) < 4.78 is 9.71. The molecule has 0 N–H and O–H groups in total. The standard InChI is InChI=1S/C25H23NO5/c1-16-8-9-19(15-17(16)2)23(27)18-10-12-20(13-11-18)26-14-6-5-7-21(24(28)30-3)22(26)25(29)31-4/h5-15H,1-4H3. The number of carbonyl (C=O) groups excluding carboxylic acids is 3. The number of aryl methyl sites for hydroxylation is 2. The SMILES string of the molecule is COC(=O)C1=C(C(=O)OC)N(c2ccc(C(=O)c3ccc(C)c(C)c3)cc2)C=CC=C1. The summed E-state index contributed by atoms with van der Waals surface area (Å²) in [6.07, 6.45) is 6.45. The summed E-state index contributed by atoms with van der Waals surface area (Å²) >= 11 is 0. The third-order valence-corrected chi connectivity index (χ3v) is 5.07. The van der Waals surface area contributed by atoms with Crippen molar-refractivity contribution >= 4 is 23.4 Å². The molecule has 1 heterocycles. The van der Waals surface area contributed by atoms with Crippen molar-refractivity contribution < 1.29 is 23.9 Å². The van der Waals surface area contributed by atoms with Gasteiger partial charge in [-0.2, -0.15) is 0 Å². The van der Waals surface area contributed by atoms with Gasteiger partial charge in [-0.05, 0) is 67.5 Å². The first-order valence-corrected chi connectivity index (χ1v) is 9.64. The number of methoxy groups -OCH3 is 2. The Hall–Kier alpha value is -3.93. The first-order chi connectivity index (χ1) is 14.9. The van der Waals surface area contributed by atoms with Gasteiger partial charge in [-0.15, -0.1) is 0 Å². The fourth-order valence-electron chi connectivity index (χ4n) is 3.19. The Balaban J connectivity index is 1.99. The summed E-state index contributed by atoms with van der Waals surface area (Å²) in [5, 5.41) is 0. The van der Waals surface area contributed by atoms with Gasteiger partial charge in [-0.25, -0.2) is 9.59 Å². The van der Waals surface area contributed by atoms with Crippen molar-refractivity contribution in [3.8, 4) is 0 Å². The van der Waals surface area contributed by atoms with Gasteiger partial charge in [0.1, 0.15) is 5.70 Å². The third kappa shape index (κ3) is 4.48. The maximum atomic E-state index is 12.9. The number of benzene rings is 2. The van der Waals surface area contributed by atoms with Crippen LogP contribution in [0.5, 0.6) is 0 Å². The molecule has 0 aromatic heterocycles. The lowest BCUT2D eigenvalue weighted by Crippen LogP contribution is -2.27. The van der Waals surface area contributed by atoms with Gasteiger partial charge in [-0.3, -0.25) is 4.79 Å². The molecule has 0 saturated carbocycles. The van der Waals surface area contributed by atoms with Gasteiger partial charge < -0.3 is 14.4 Å². The molecule has 0 bridgehead atoms. The Labute approximate surface area is 181 Å². The lowest BCUT2D eigenvalue weighted by molar-refractivity contribution is -0.139. The highest BCUT2D eigenvalue weighted by atomic mass is 16.5. The normalized spacial score (nSPS) is 13.1. The third-order valence-electron chi connectivity index (χ3n) is 5.07. The second-order valence-corrected chi connectivity index (χ2v) is 6.99. The Kier molecular flexibility index (Phi) is 6.50. The Bertz CT molecular complexity index is 1120. The molecule has 0 saturated heterocycles. The predicted molar refractivity (Wildman–Crippen MR) is 118 cm³/mol. The summed E-state index contributed by atoms with van der Waals surface area (Å²) in [5.74, 6) is -1.44. The molecule has 0 aliphatic carbocycles. The molecule has 0 radical (unpaired) electrons. The number of allylic oxidation sites excluding steroid dienone is 2. The zero-order valence-corrected chi connectivity index (χ0v) is 17.8. The molecule has 6 nitrogen and oxygen atoms in total. The average Bonchev–Trinajstić information content (AvgIpc) is 3.02. The Morgan fingerprint density at radius 2 is 1.42 bits per heavy atom. The number of ether oxygens (including phenoxy) is 2. The molecule has 6 heteroatoms. The van der Waals surface area contributed by atoms with E-state index < -0.39 is 11.9 Å². The predicted octanol–water partition coefficient (Wildman–Crippen LogP) is 4.02. The van der Waals surface area contributed by atoms with E-state index in [-0.39, 0.29) is 17.1 Å². The number of nitrogens with zero attached hydrogens (tertiary/aromatic N) is 1. The second-order valence-electron chi connectivity index (χ2n) is 6.99. The first kappa shape index (κ1) is 21.8. The summed E-state index contributed by atoms with van der Waals surface area (Å²) in [6, 6.07) is 12.4. The van der Waals surface area contributed by atoms with Crippen LogP contribution < -0.4 is 4.90 Å². The molecule has 0 unspecified atom stereocenters. The highest BCUT2D eigenvalue weighted by Gasteiger charge is 2.27. The lowest BCUT2D eigenvalue weighted by atomic mass is 9.99. The van der Waals surface area contributed by atoms with Gasteiger partial charge in [0.05, 0.1) is 19.8 Å². The van der Waals surface area contributed by atoms with E-state index in [0.717, 1.165) is 11.1 Å². The number of anilines is 1. The minimum Gasteiger partial charge on any atom is -0.465 e. The fraction of sp³-hybridized carbons (Fsp3) is 0.160. The smallest absolute Gasteiger partial charge is 0.355 e. The minimum atomic E-state index is -0.688. The fourth-order valence-corrected chi connectivity index (χ4v) is 3.19. The highest BCUT2D eigenvalue weighted by molar-refractivity contribution is 6.09. The lowest BCUT2D eigenvalue weighted by Gasteiger charge is -2.23. The van der Waals surface area contributed by atoms with Crippen molar-refractivity contribution in [3.05, 3.63) is 100 Å². The van der Waals surface area contributed by atoms with E-state index in [0.29, 0.717) is 16.8 Å². The van der Waals surface area contributed by atoms with Crippen LogP contribution in [-0.4, -0.2) is 31.9 Å². The maximum Gasteiger partial charge on any atom is 0.355 e. The van der Waals surface area contributed by atoms with Crippen molar-refractivity contribution in [3.63, 3.8) is 0 Å². The Morgan fingerprint density at radius 3 is 2.03 bits per heavy atom. The molecule has 3 rings (SSSR count). The number of ketones is 1. The van der Waals surface area contributed by atoms with Gasteiger partial charge >= 0.3 is 11.9 Å². The summed E-state index contributed by atoms with van der Waals surface area (Å²) in [7, 11) is 2.49. The molecule has 0 amide bonds. The van der Waals surface area contributed by atoms with Gasteiger partial charge in [0.15, 0.2) is 5.78 Å². The number of rotatable bonds is 5. The van der Waals surface area contributed by atoms with Crippen LogP contribution >= 0.6 is 0 Å². The van der Waals surface area contributed by atoms with E-state index in [2.05, 4.69) is 0 Å². The molecular weight excluding hydrogens is 394 g/mol.